The maximum atomic E-state index is 12.6. The summed E-state index contributed by atoms with van der Waals surface area (Å²) in [5, 5.41) is 11.1. The van der Waals surface area contributed by atoms with Gasteiger partial charge in [0.2, 0.25) is 5.91 Å². The van der Waals surface area contributed by atoms with Gasteiger partial charge in [0.1, 0.15) is 5.75 Å². The molecule has 0 aromatic heterocycles. The van der Waals surface area contributed by atoms with Crippen molar-refractivity contribution in [2.24, 2.45) is 0 Å². The summed E-state index contributed by atoms with van der Waals surface area (Å²) < 4.78 is 5.17. The normalized spacial score (nSPS) is 16.7. The summed E-state index contributed by atoms with van der Waals surface area (Å²) in [6.07, 6.45) is 0.960. The van der Waals surface area contributed by atoms with Gasteiger partial charge in [-0.3, -0.25) is 14.9 Å². The quantitative estimate of drug-likeness (QED) is 0.619. The lowest BCUT2D eigenvalue weighted by molar-refractivity contribution is -0.385. The van der Waals surface area contributed by atoms with Gasteiger partial charge in [0.25, 0.3) is 5.69 Å². The molecule has 2 aromatic carbocycles. The van der Waals surface area contributed by atoms with E-state index in [1.807, 2.05) is 24.3 Å². The lowest BCUT2D eigenvalue weighted by Crippen LogP contribution is -2.30. The molecule has 1 aliphatic rings. The molecule has 0 spiro atoms. The van der Waals surface area contributed by atoms with Crippen molar-refractivity contribution in [3.8, 4) is 5.75 Å². The molecule has 6 heteroatoms. The van der Waals surface area contributed by atoms with Crippen molar-refractivity contribution < 1.29 is 14.5 Å². The second kappa shape index (κ2) is 7.34. The Morgan fingerprint density at radius 1 is 1.24 bits per heavy atom. The van der Waals surface area contributed by atoms with Crippen molar-refractivity contribution in [3.05, 3.63) is 69.8 Å². The van der Waals surface area contributed by atoms with Gasteiger partial charge in [0.05, 0.1) is 18.5 Å². The number of para-hydroxylation sites is 1. The minimum atomic E-state index is -0.438. The van der Waals surface area contributed by atoms with Crippen molar-refractivity contribution >= 4 is 11.6 Å². The third-order valence-electron chi connectivity index (χ3n) is 4.66. The standard InChI is InChI=1S/C19H20N2O4/c1-25-17-8-6-14(7-9-17)16-10-11-20(13-16)19(22)12-15-4-2-3-5-18(15)21(23)24/h2-9,16H,10-13H2,1H3. The average molecular weight is 340 g/mol. The highest BCUT2D eigenvalue weighted by Crippen LogP contribution is 2.29. The molecule has 1 atom stereocenters. The van der Waals surface area contributed by atoms with E-state index in [9.17, 15) is 14.9 Å². The van der Waals surface area contributed by atoms with Crippen LogP contribution >= 0.6 is 0 Å². The summed E-state index contributed by atoms with van der Waals surface area (Å²) in [5.74, 6) is 1.04. The third-order valence-corrected chi connectivity index (χ3v) is 4.66. The molecule has 6 nitrogen and oxygen atoms in total. The number of likely N-dealkylation sites (tertiary alicyclic amines) is 1. The van der Waals surface area contributed by atoms with Crippen molar-refractivity contribution in [2.75, 3.05) is 20.2 Å². The van der Waals surface area contributed by atoms with Crippen LogP contribution in [-0.2, 0) is 11.2 Å². The molecule has 0 saturated carbocycles. The van der Waals surface area contributed by atoms with Crippen LogP contribution in [0, 0.1) is 10.1 Å². The van der Waals surface area contributed by atoms with Gasteiger partial charge in [0.15, 0.2) is 0 Å². The highest BCUT2D eigenvalue weighted by Gasteiger charge is 2.28. The second-order valence-corrected chi connectivity index (χ2v) is 6.16. The summed E-state index contributed by atoms with van der Waals surface area (Å²) in [6, 6.07) is 14.3. The number of benzene rings is 2. The lowest BCUT2D eigenvalue weighted by Gasteiger charge is -2.17. The molecule has 25 heavy (non-hydrogen) atoms. The minimum absolute atomic E-state index is 0.00162. The van der Waals surface area contributed by atoms with Gasteiger partial charge in [-0.15, -0.1) is 0 Å². The molecule has 0 radical (unpaired) electrons. The molecule has 1 unspecified atom stereocenters. The number of nitro groups is 1. The summed E-state index contributed by atoms with van der Waals surface area (Å²) in [7, 11) is 1.63. The predicted molar refractivity (Wildman–Crippen MR) is 93.7 cm³/mol. The van der Waals surface area contributed by atoms with Crippen molar-refractivity contribution in [1.82, 2.24) is 4.90 Å². The van der Waals surface area contributed by atoms with Crippen LogP contribution < -0.4 is 4.74 Å². The second-order valence-electron chi connectivity index (χ2n) is 6.16. The van der Waals surface area contributed by atoms with E-state index < -0.39 is 4.92 Å². The zero-order valence-corrected chi connectivity index (χ0v) is 14.1. The van der Waals surface area contributed by atoms with Crippen molar-refractivity contribution in [3.63, 3.8) is 0 Å². The zero-order chi connectivity index (χ0) is 17.8. The maximum absolute atomic E-state index is 12.6. The van der Waals surface area contributed by atoms with Crippen LogP contribution in [0.4, 0.5) is 5.69 Å². The number of carbonyl (C=O) groups excluding carboxylic acids is 1. The van der Waals surface area contributed by atoms with E-state index >= 15 is 0 Å². The number of carbonyl (C=O) groups is 1. The summed E-state index contributed by atoms with van der Waals surface area (Å²) in [4.78, 5) is 25.0. The van der Waals surface area contributed by atoms with Crippen LogP contribution in [0.1, 0.15) is 23.5 Å². The first-order chi connectivity index (χ1) is 12.1. The van der Waals surface area contributed by atoms with Gasteiger partial charge < -0.3 is 9.64 Å². The van der Waals surface area contributed by atoms with E-state index in [1.165, 1.54) is 11.6 Å². The van der Waals surface area contributed by atoms with E-state index in [2.05, 4.69) is 0 Å². The molecule has 2 aromatic rings. The summed E-state index contributed by atoms with van der Waals surface area (Å²) in [6.45, 7) is 1.32. The Labute approximate surface area is 146 Å². The highest BCUT2D eigenvalue weighted by atomic mass is 16.6. The van der Waals surface area contributed by atoms with E-state index in [-0.39, 0.29) is 18.0 Å². The Hall–Kier alpha value is -2.89. The number of hydrogen-bond acceptors (Lipinski definition) is 4. The van der Waals surface area contributed by atoms with Crippen molar-refractivity contribution in [1.29, 1.82) is 0 Å². The fourth-order valence-corrected chi connectivity index (χ4v) is 3.25. The van der Waals surface area contributed by atoms with Gasteiger partial charge in [-0.1, -0.05) is 30.3 Å². The topological polar surface area (TPSA) is 72.7 Å². The van der Waals surface area contributed by atoms with Gasteiger partial charge in [-0.2, -0.15) is 0 Å². The first kappa shape index (κ1) is 17.0. The average Bonchev–Trinajstić information content (AvgIpc) is 3.12. The van der Waals surface area contributed by atoms with Crippen molar-refractivity contribution in [2.45, 2.75) is 18.8 Å². The van der Waals surface area contributed by atoms with E-state index in [4.69, 9.17) is 4.74 Å². The third kappa shape index (κ3) is 3.79. The fraction of sp³-hybridized carbons (Fsp3) is 0.316. The lowest BCUT2D eigenvalue weighted by atomic mass is 9.98. The highest BCUT2D eigenvalue weighted by molar-refractivity contribution is 5.80. The summed E-state index contributed by atoms with van der Waals surface area (Å²) in [5.41, 5.74) is 1.65. The maximum Gasteiger partial charge on any atom is 0.273 e. The Bertz CT molecular complexity index is 773. The fourth-order valence-electron chi connectivity index (χ4n) is 3.25. The molecule has 130 valence electrons. The Morgan fingerprint density at radius 3 is 2.64 bits per heavy atom. The number of rotatable bonds is 5. The summed E-state index contributed by atoms with van der Waals surface area (Å²) >= 11 is 0. The van der Waals surface area contributed by atoms with E-state index in [0.29, 0.717) is 24.6 Å². The predicted octanol–water partition coefficient (Wildman–Crippen LogP) is 3.16. The molecule has 1 heterocycles. The van der Waals surface area contributed by atoms with Crippen LogP contribution in [0.2, 0.25) is 0 Å². The monoisotopic (exact) mass is 340 g/mol. The first-order valence-corrected chi connectivity index (χ1v) is 8.22. The number of amides is 1. The van der Waals surface area contributed by atoms with E-state index in [0.717, 1.165) is 12.2 Å². The molecule has 1 fully saturated rings. The van der Waals surface area contributed by atoms with Gasteiger partial charge in [-0.05, 0) is 24.1 Å². The van der Waals surface area contributed by atoms with Crippen LogP contribution in [0.5, 0.6) is 5.75 Å². The molecule has 1 amide bonds. The van der Waals surface area contributed by atoms with Gasteiger partial charge >= 0.3 is 0 Å². The molecule has 0 N–H and O–H groups in total. The number of nitro benzene ring substituents is 1. The van der Waals surface area contributed by atoms with Crippen LogP contribution in [0.25, 0.3) is 0 Å². The number of nitrogens with zero attached hydrogens (tertiary/aromatic N) is 2. The SMILES string of the molecule is COc1ccc(C2CCN(C(=O)Cc3ccccc3[N+](=O)[O-])C2)cc1. The minimum Gasteiger partial charge on any atom is -0.497 e. The first-order valence-electron chi connectivity index (χ1n) is 8.22. The molecular formula is C19H20N2O4. The molecule has 3 rings (SSSR count). The van der Waals surface area contributed by atoms with E-state index in [1.54, 1.807) is 30.2 Å². The molecule has 0 bridgehead atoms. The van der Waals surface area contributed by atoms with Crippen LogP contribution in [0.3, 0.4) is 0 Å². The van der Waals surface area contributed by atoms with Gasteiger partial charge in [0, 0.05) is 30.6 Å². The zero-order valence-electron chi connectivity index (χ0n) is 14.1. The molecular weight excluding hydrogens is 320 g/mol. The molecule has 1 saturated heterocycles. The smallest absolute Gasteiger partial charge is 0.273 e. The largest absolute Gasteiger partial charge is 0.497 e. The number of ether oxygens (including phenoxy) is 1. The Kier molecular flexibility index (Phi) is 4.97. The number of hydrogen-bond donors (Lipinski definition) is 0. The number of methoxy groups -OCH3 is 1. The Morgan fingerprint density at radius 2 is 1.96 bits per heavy atom. The van der Waals surface area contributed by atoms with Crippen LogP contribution in [0.15, 0.2) is 48.5 Å². The molecule has 1 aliphatic heterocycles. The van der Waals surface area contributed by atoms with Gasteiger partial charge in [-0.25, -0.2) is 0 Å². The molecule has 0 aliphatic carbocycles. The van der Waals surface area contributed by atoms with Crippen LogP contribution in [-0.4, -0.2) is 35.9 Å². The Balaban J connectivity index is 1.65.